The number of hydrogen-bond acceptors (Lipinski definition) is 4. The fraction of sp³-hybridized carbons (Fsp3) is 0.474. The van der Waals surface area contributed by atoms with Gasteiger partial charge < -0.3 is 10.1 Å². The van der Waals surface area contributed by atoms with Crippen LogP contribution < -0.4 is 10.1 Å². The summed E-state index contributed by atoms with van der Waals surface area (Å²) >= 11 is 1.99. The molecule has 2 aromatic rings. The Hall–Kier alpha value is -1.95. The molecule has 5 nitrogen and oxygen atoms in total. The Balaban J connectivity index is 1.55. The number of amides is 1. The highest BCUT2D eigenvalue weighted by Crippen LogP contribution is 2.28. The minimum absolute atomic E-state index is 0.0872. The van der Waals surface area contributed by atoms with E-state index in [1.165, 1.54) is 32.1 Å². The van der Waals surface area contributed by atoms with Gasteiger partial charge >= 0.3 is 0 Å². The summed E-state index contributed by atoms with van der Waals surface area (Å²) in [6.07, 6.45) is 8.30. The first-order valence-electron chi connectivity index (χ1n) is 8.85. The minimum Gasteiger partial charge on any atom is -0.497 e. The van der Waals surface area contributed by atoms with Crippen molar-refractivity contribution in [2.45, 2.75) is 37.4 Å². The van der Waals surface area contributed by atoms with E-state index < -0.39 is 0 Å². The molecule has 1 aliphatic rings. The third kappa shape index (κ3) is 4.78. The highest BCUT2D eigenvalue weighted by atomic mass is 32.2. The van der Waals surface area contributed by atoms with E-state index in [0.29, 0.717) is 12.1 Å². The number of H-pyrrole nitrogens is 1. The summed E-state index contributed by atoms with van der Waals surface area (Å²) in [7, 11) is 1.63. The van der Waals surface area contributed by atoms with Crippen molar-refractivity contribution in [1.82, 2.24) is 15.5 Å². The van der Waals surface area contributed by atoms with Gasteiger partial charge in [0.15, 0.2) is 0 Å². The highest BCUT2D eigenvalue weighted by molar-refractivity contribution is 7.99. The number of ether oxygens (including phenoxy) is 1. The van der Waals surface area contributed by atoms with Crippen molar-refractivity contribution in [3.63, 3.8) is 0 Å². The van der Waals surface area contributed by atoms with Gasteiger partial charge in [0.1, 0.15) is 5.75 Å². The van der Waals surface area contributed by atoms with Gasteiger partial charge in [-0.1, -0.05) is 31.4 Å². The molecule has 0 saturated heterocycles. The van der Waals surface area contributed by atoms with Crippen molar-refractivity contribution >= 4 is 17.7 Å². The van der Waals surface area contributed by atoms with Crippen LogP contribution in [-0.2, 0) is 0 Å². The maximum atomic E-state index is 12.5. The Bertz CT molecular complexity index is 695. The molecule has 0 unspecified atom stereocenters. The van der Waals surface area contributed by atoms with Gasteiger partial charge in [-0.15, -0.1) is 0 Å². The zero-order valence-electron chi connectivity index (χ0n) is 14.6. The quantitative estimate of drug-likeness (QED) is 0.736. The normalized spacial score (nSPS) is 15.1. The zero-order valence-corrected chi connectivity index (χ0v) is 15.4. The maximum Gasteiger partial charge on any atom is 0.255 e. The fourth-order valence-electron chi connectivity index (χ4n) is 3.17. The number of thioether (sulfide) groups is 1. The van der Waals surface area contributed by atoms with E-state index in [-0.39, 0.29) is 5.91 Å². The van der Waals surface area contributed by atoms with Crippen molar-refractivity contribution in [1.29, 1.82) is 0 Å². The molecule has 3 rings (SSSR count). The Labute approximate surface area is 152 Å². The molecule has 0 bridgehead atoms. The number of hydrogen-bond donors (Lipinski definition) is 2. The third-order valence-corrected chi connectivity index (χ3v) is 5.92. The number of nitrogens with zero attached hydrogens (tertiary/aromatic N) is 1. The molecular formula is C19H25N3O2S. The molecule has 0 atom stereocenters. The van der Waals surface area contributed by atoms with Crippen LogP contribution >= 0.6 is 11.8 Å². The molecule has 1 amide bonds. The predicted molar refractivity (Wildman–Crippen MR) is 102 cm³/mol. The van der Waals surface area contributed by atoms with Gasteiger partial charge in [0.2, 0.25) is 0 Å². The number of benzene rings is 1. The number of methoxy groups -OCH3 is 1. The molecule has 134 valence electrons. The first-order chi connectivity index (χ1) is 12.3. The van der Waals surface area contributed by atoms with Gasteiger partial charge in [0.05, 0.1) is 24.6 Å². The summed E-state index contributed by atoms with van der Waals surface area (Å²) in [6, 6.07) is 7.61. The van der Waals surface area contributed by atoms with Crippen molar-refractivity contribution in [2.75, 3.05) is 19.4 Å². The smallest absolute Gasteiger partial charge is 0.255 e. The van der Waals surface area contributed by atoms with Crippen LogP contribution in [0.25, 0.3) is 11.3 Å². The van der Waals surface area contributed by atoms with Crippen LogP contribution in [0.4, 0.5) is 0 Å². The Morgan fingerprint density at radius 1 is 1.36 bits per heavy atom. The molecule has 6 heteroatoms. The van der Waals surface area contributed by atoms with Crippen molar-refractivity contribution in [2.24, 2.45) is 0 Å². The van der Waals surface area contributed by atoms with E-state index in [0.717, 1.165) is 28.0 Å². The standard InChI is InChI=1S/C19H25N3O2S/c1-24-15-7-5-6-14(12-15)18-17(13-21-22-18)19(23)20-10-11-25-16-8-3-2-4-9-16/h5-7,12-13,16H,2-4,8-11H2,1H3,(H,20,23)(H,21,22). The van der Waals surface area contributed by atoms with Crippen LogP contribution in [0, 0.1) is 0 Å². The molecule has 1 aromatic heterocycles. The Kier molecular flexibility index (Phi) is 6.39. The molecular weight excluding hydrogens is 334 g/mol. The topological polar surface area (TPSA) is 67.0 Å². The first-order valence-corrected chi connectivity index (χ1v) is 9.90. The molecule has 1 fully saturated rings. The van der Waals surface area contributed by atoms with Gasteiger partial charge in [-0.3, -0.25) is 9.89 Å². The number of carbonyl (C=O) groups excluding carboxylic acids is 1. The summed E-state index contributed by atoms with van der Waals surface area (Å²) in [5.41, 5.74) is 2.17. The summed E-state index contributed by atoms with van der Waals surface area (Å²) in [5.74, 6) is 1.63. The first kappa shape index (κ1) is 17.9. The maximum absolute atomic E-state index is 12.5. The van der Waals surface area contributed by atoms with Crippen LogP contribution in [0.15, 0.2) is 30.5 Å². The lowest BCUT2D eigenvalue weighted by molar-refractivity contribution is 0.0957. The van der Waals surface area contributed by atoms with Crippen molar-refractivity contribution in [3.8, 4) is 17.0 Å². The molecule has 0 aliphatic heterocycles. The van der Waals surface area contributed by atoms with Gasteiger partial charge in [-0.05, 0) is 25.0 Å². The average molecular weight is 359 g/mol. The molecule has 1 saturated carbocycles. The number of rotatable bonds is 7. The Morgan fingerprint density at radius 2 is 2.20 bits per heavy atom. The molecule has 25 heavy (non-hydrogen) atoms. The minimum atomic E-state index is -0.0872. The number of aromatic amines is 1. The van der Waals surface area contributed by atoms with Crippen LogP contribution in [-0.4, -0.2) is 40.8 Å². The lowest BCUT2D eigenvalue weighted by Gasteiger charge is -2.20. The van der Waals surface area contributed by atoms with E-state index in [4.69, 9.17) is 4.74 Å². The predicted octanol–water partition coefficient (Wildman–Crippen LogP) is 3.88. The van der Waals surface area contributed by atoms with Gasteiger partial charge in [0.25, 0.3) is 5.91 Å². The lowest BCUT2D eigenvalue weighted by atomic mass is 10.0. The van der Waals surface area contributed by atoms with E-state index in [1.807, 2.05) is 36.0 Å². The largest absolute Gasteiger partial charge is 0.497 e. The van der Waals surface area contributed by atoms with Crippen LogP contribution in [0.3, 0.4) is 0 Å². The van der Waals surface area contributed by atoms with Crippen molar-refractivity contribution < 1.29 is 9.53 Å². The number of carbonyl (C=O) groups is 1. The zero-order chi connectivity index (χ0) is 17.5. The van der Waals surface area contributed by atoms with E-state index in [2.05, 4.69) is 15.5 Å². The van der Waals surface area contributed by atoms with Crippen LogP contribution in [0.1, 0.15) is 42.5 Å². The number of nitrogens with one attached hydrogen (secondary N) is 2. The number of aromatic nitrogens is 2. The fourth-order valence-corrected chi connectivity index (χ4v) is 4.39. The summed E-state index contributed by atoms with van der Waals surface area (Å²) in [6.45, 7) is 0.683. The van der Waals surface area contributed by atoms with E-state index >= 15 is 0 Å². The lowest BCUT2D eigenvalue weighted by Crippen LogP contribution is -2.26. The second kappa shape index (κ2) is 8.94. The monoisotopic (exact) mass is 359 g/mol. The summed E-state index contributed by atoms with van der Waals surface area (Å²) in [5, 5.41) is 10.8. The van der Waals surface area contributed by atoms with Gasteiger partial charge in [-0.2, -0.15) is 16.9 Å². The second-order valence-corrected chi connectivity index (χ2v) is 7.69. The van der Waals surface area contributed by atoms with Crippen LogP contribution in [0.5, 0.6) is 5.75 Å². The third-order valence-electron chi connectivity index (χ3n) is 4.54. The molecule has 0 spiro atoms. The highest BCUT2D eigenvalue weighted by Gasteiger charge is 2.16. The molecule has 1 aromatic carbocycles. The molecule has 2 N–H and O–H groups in total. The van der Waals surface area contributed by atoms with E-state index in [9.17, 15) is 4.79 Å². The average Bonchev–Trinajstić information content (AvgIpc) is 3.16. The molecule has 1 heterocycles. The Morgan fingerprint density at radius 3 is 3.00 bits per heavy atom. The van der Waals surface area contributed by atoms with Gasteiger partial charge in [-0.25, -0.2) is 0 Å². The summed E-state index contributed by atoms with van der Waals surface area (Å²) in [4.78, 5) is 12.5. The molecule has 1 aliphatic carbocycles. The van der Waals surface area contributed by atoms with Crippen LogP contribution in [0.2, 0.25) is 0 Å². The SMILES string of the molecule is COc1cccc(-c2[nH]ncc2C(=O)NCCSC2CCCCC2)c1. The molecule has 0 radical (unpaired) electrons. The van der Waals surface area contributed by atoms with Crippen molar-refractivity contribution in [3.05, 3.63) is 36.0 Å². The van der Waals surface area contributed by atoms with E-state index in [1.54, 1.807) is 13.3 Å². The second-order valence-electron chi connectivity index (χ2n) is 6.28. The van der Waals surface area contributed by atoms with Gasteiger partial charge in [0, 0.05) is 23.1 Å². The summed E-state index contributed by atoms with van der Waals surface area (Å²) < 4.78 is 5.25.